The van der Waals surface area contributed by atoms with Crippen LogP contribution in [0.4, 0.5) is 19.0 Å². The number of rotatable bonds is 3. The number of anilines is 1. The van der Waals surface area contributed by atoms with E-state index in [1.54, 1.807) is 30.3 Å². The van der Waals surface area contributed by atoms with Gasteiger partial charge < -0.3 is 5.32 Å². The minimum absolute atomic E-state index is 0.107. The van der Waals surface area contributed by atoms with E-state index in [-0.39, 0.29) is 11.0 Å². The molecule has 0 aliphatic heterocycles. The summed E-state index contributed by atoms with van der Waals surface area (Å²) in [5.74, 6) is -0.366. The predicted octanol–water partition coefficient (Wildman–Crippen LogP) is 6.09. The SMILES string of the molecule is CC(C)(C)c1cc(NC(=O)c2cccc(C(F)(F)F)c2)n(-c2ccccc2Cl)n1. The molecule has 0 saturated heterocycles. The quantitative estimate of drug-likeness (QED) is 0.556. The van der Waals surface area contributed by atoms with Crippen LogP contribution in [0.15, 0.2) is 54.6 Å². The smallest absolute Gasteiger partial charge is 0.306 e. The van der Waals surface area contributed by atoms with Gasteiger partial charge in [0.25, 0.3) is 5.91 Å². The topological polar surface area (TPSA) is 46.9 Å². The third-order valence-electron chi connectivity index (χ3n) is 4.25. The average molecular weight is 422 g/mol. The Balaban J connectivity index is 2.02. The summed E-state index contributed by atoms with van der Waals surface area (Å²) in [6.07, 6.45) is -4.53. The van der Waals surface area contributed by atoms with Crippen molar-refractivity contribution < 1.29 is 18.0 Å². The Hall–Kier alpha value is -2.80. The fourth-order valence-electron chi connectivity index (χ4n) is 2.67. The number of amides is 1. The second-order valence-corrected chi connectivity index (χ2v) is 7.97. The molecule has 1 N–H and O–H groups in total. The highest BCUT2D eigenvalue weighted by Gasteiger charge is 2.31. The van der Waals surface area contributed by atoms with E-state index < -0.39 is 17.6 Å². The second kappa shape index (κ2) is 7.55. The minimum atomic E-state index is -4.53. The van der Waals surface area contributed by atoms with Gasteiger partial charge in [0.2, 0.25) is 0 Å². The van der Waals surface area contributed by atoms with Crippen molar-refractivity contribution in [1.82, 2.24) is 9.78 Å². The van der Waals surface area contributed by atoms with Crippen molar-refractivity contribution in [2.45, 2.75) is 32.4 Å². The van der Waals surface area contributed by atoms with Crippen molar-refractivity contribution in [2.75, 3.05) is 5.32 Å². The molecule has 0 saturated carbocycles. The van der Waals surface area contributed by atoms with Crippen molar-refractivity contribution in [1.29, 1.82) is 0 Å². The number of nitrogens with zero attached hydrogens (tertiary/aromatic N) is 2. The van der Waals surface area contributed by atoms with Gasteiger partial charge in [0.1, 0.15) is 5.82 Å². The molecule has 1 amide bonds. The summed E-state index contributed by atoms with van der Waals surface area (Å²) >= 11 is 6.28. The molecule has 4 nitrogen and oxygen atoms in total. The van der Waals surface area contributed by atoms with Crippen molar-refractivity contribution in [2.24, 2.45) is 0 Å². The summed E-state index contributed by atoms with van der Waals surface area (Å²) in [6.45, 7) is 5.89. The van der Waals surface area contributed by atoms with Gasteiger partial charge in [-0.3, -0.25) is 4.79 Å². The fraction of sp³-hybridized carbons (Fsp3) is 0.238. The van der Waals surface area contributed by atoms with Gasteiger partial charge in [0, 0.05) is 17.0 Å². The minimum Gasteiger partial charge on any atom is -0.306 e. The number of nitrogens with one attached hydrogen (secondary N) is 1. The van der Waals surface area contributed by atoms with Crippen LogP contribution in [0.25, 0.3) is 5.69 Å². The van der Waals surface area contributed by atoms with E-state index >= 15 is 0 Å². The van der Waals surface area contributed by atoms with Gasteiger partial charge in [-0.25, -0.2) is 4.68 Å². The molecule has 0 radical (unpaired) electrons. The zero-order valence-electron chi connectivity index (χ0n) is 16.0. The summed E-state index contributed by atoms with van der Waals surface area (Å²) in [5, 5.41) is 7.63. The largest absolute Gasteiger partial charge is 0.416 e. The Bertz CT molecular complexity index is 1050. The maximum atomic E-state index is 13.0. The van der Waals surface area contributed by atoms with Gasteiger partial charge in [0.15, 0.2) is 0 Å². The summed E-state index contributed by atoms with van der Waals surface area (Å²) in [6, 6.07) is 12.9. The number of alkyl halides is 3. The molecule has 0 fully saturated rings. The van der Waals surface area contributed by atoms with E-state index in [2.05, 4.69) is 10.4 Å². The summed E-state index contributed by atoms with van der Waals surface area (Å²) < 4.78 is 40.4. The van der Waals surface area contributed by atoms with Gasteiger partial charge in [-0.1, -0.05) is 50.6 Å². The molecule has 1 aromatic heterocycles. The average Bonchev–Trinajstić information content (AvgIpc) is 3.05. The van der Waals surface area contributed by atoms with E-state index in [1.165, 1.54) is 16.8 Å². The molecule has 0 unspecified atom stereocenters. The Morgan fingerprint density at radius 3 is 2.34 bits per heavy atom. The van der Waals surface area contributed by atoms with Crippen molar-refractivity contribution >= 4 is 23.3 Å². The number of carbonyl (C=O) groups is 1. The third kappa shape index (κ3) is 4.62. The normalized spacial score (nSPS) is 12.1. The summed E-state index contributed by atoms with van der Waals surface area (Å²) in [7, 11) is 0. The summed E-state index contributed by atoms with van der Waals surface area (Å²) in [4.78, 5) is 12.7. The van der Waals surface area contributed by atoms with Crippen LogP contribution in [-0.2, 0) is 11.6 Å². The molecule has 152 valence electrons. The van der Waals surface area contributed by atoms with Gasteiger partial charge in [-0.2, -0.15) is 18.3 Å². The highest BCUT2D eigenvalue weighted by Crippen LogP contribution is 2.31. The first-order valence-electron chi connectivity index (χ1n) is 8.81. The number of aromatic nitrogens is 2. The van der Waals surface area contributed by atoms with Gasteiger partial charge in [0.05, 0.1) is 22.0 Å². The molecular weight excluding hydrogens is 403 g/mol. The molecule has 29 heavy (non-hydrogen) atoms. The Kier molecular flexibility index (Phi) is 5.45. The van der Waals surface area contributed by atoms with Crippen LogP contribution in [0.1, 0.15) is 42.4 Å². The number of carbonyl (C=O) groups excluding carboxylic acids is 1. The van der Waals surface area contributed by atoms with Gasteiger partial charge in [-0.15, -0.1) is 0 Å². The van der Waals surface area contributed by atoms with E-state index in [0.29, 0.717) is 22.2 Å². The van der Waals surface area contributed by atoms with Gasteiger partial charge in [-0.05, 0) is 30.3 Å². The lowest BCUT2D eigenvalue weighted by Crippen LogP contribution is -2.16. The van der Waals surface area contributed by atoms with E-state index in [1.807, 2.05) is 20.8 Å². The van der Waals surface area contributed by atoms with E-state index in [4.69, 9.17) is 11.6 Å². The standard InChI is InChI=1S/C21H19ClF3N3O/c1-20(2,3)17-12-18(28(27-17)16-10-5-4-9-15(16)22)26-19(29)13-7-6-8-14(11-13)21(23,24)25/h4-12H,1-3H3,(H,26,29). The number of halogens is 4. The highest BCUT2D eigenvalue weighted by molar-refractivity contribution is 6.32. The molecule has 0 spiro atoms. The first kappa shape index (κ1) is 20.9. The maximum absolute atomic E-state index is 13.0. The van der Waals surface area contributed by atoms with Gasteiger partial charge >= 0.3 is 6.18 Å². The lowest BCUT2D eigenvalue weighted by Gasteiger charge is -2.14. The van der Waals surface area contributed by atoms with E-state index in [9.17, 15) is 18.0 Å². The van der Waals surface area contributed by atoms with E-state index in [0.717, 1.165) is 12.1 Å². The molecule has 3 rings (SSSR count). The summed E-state index contributed by atoms with van der Waals surface area (Å²) in [5.41, 5.74) is -0.0766. The molecule has 1 heterocycles. The Morgan fingerprint density at radius 2 is 1.72 bits per heavy atom. The first-order valence-corrected chi connectivity index (χ1v) is 9.18. The lowest BCUT2D eigenvalue weighted by molar-refractivity contribution is -0.137. The Morgan fingerprint density at radius 1 is 1.03 bits per heavy atom. The number of para-hydroxylation sites is 1. The molecule has 0 aliphatic carbocycles. The number of benzene rings is 2. The van der Waals surface area contributed by atoms with Crippen LogP contribution in [0.2, 0.25) is 5.02 Å². The number of hydrogen-bond acceptors (Lipinski definition) is 2. The molecular formula is C21H19ClF3N3O. The second-order valence-electron chi connectivity index (χ2n) is 7.56. The molecule has 0 aliphatic rings. The van der Waals surface area contributed by atoms with Crippen molar-refractivity contribution in [3.63, 3.8) is 0 Å². The molecule has 2 aromatic carbocycles. The highest BCUT2D eigenvalue weighted by atomic mass is 35.5. The molecule has 8 heteroatoms. The van der Waals surface area contributed by atoms with Crippen LogP contribution >= 0.6 is 11.6 Å². The molecule has 0 bridgehead atoms. The van der Waals surface area contributed by atoms with Crippen molar-refractivity contribution in [3.8, 4) is 5.69 Å². The molecule has 0 atom stereocenters. The molecule has 3 aromatic rings. The lowest BCUT2D eigenvalue weighted by atomic mass is 9.92. The fourth-order valence-corrected chi connectivity index (χ4v) is 2.88. The first-order chi connectivity index (χ1) is 13.5. The van der Waals surface area contributed by atoms with Crippen LogP contribution in [0.3, 0.4) is 0 Å². The van der Waals surface area contributed by atoms with Crippen LogP contribution in [0.5, 0.6) is 0 Å². The zero-order valence-corrected chi connectivity index (χ0v) is 16.8. The Labute approximate surface area is 171 Å². The van der Waals surface area contributed by atoms with Crippen molar-refractivity contribution in [3.05, 3.63) is 76.4 Å². The predicted molar refractivity (Wildman–Crippen MR) is 107 cm³/mol. The third-order valence-corrected chi connectivity index (χ3v) is 4.57. The van der Waals surface area contributed by atoms with Crippen LogP contribution < -0.4 is 5.32 Å². The number of hydrogen-bond donors (Lipinski definition) is 1. The monoisotopic (exact) mass is 421 g/mol. The maximum Gasteiger partial charge on any atom is 0.416 e. The van der Waals surface area contributed by atoms with Crippen LogP contribution in [0, 0.1) is 0 Å². The van der Waals surface area contributed by atoms with Crippen LogP contribution in [-0.4, -0.2) is 15.7 Å². The zero-order chi connectivity index (χ0) is 21.4.